The first kappa shape index (κ1) is 11.9. The van der Waals surface area contributed by atoms with Crippen LogP contribution in [0.2, 0.25) is 0 Å². The first-order chi connectivity index (χ1) is 7.15. The molecule has 15 heavy (non-hydrogen) atoms. The summed E-state index contributed by atoms with van der Waals surface area (Å²) < 4.78 is 4.81. The maximum Gasteiger partial charge on any atom is 0.316 e. The Morgan fingerprint density at radius 2 is 2.07 bits per heavy atom. The van der Waals surface area contributed by atoms with Gasteiger partial charge in [0.1, 0.15) is 17.5 Å². The minimum atomic E-state index is -0.714. The average molecular weight is 212 g/mol. The van der Waals surface area contributed by atoms with Crippen LogP contribution in [0.4, 0.5) is 0 Å². The van der Waals surface area contributed by atoms with E-state index in [1.807, 2.05) is 0 Å². The molecule has 0 spiro atoms. The summed E-state index contributed by atoms with van der Waals surface area (Å²) in [5, 5.41) is 0. The van der Waals surface area contributed by atoms with E-state index in [1.54, 1.807) is 6.92 Å². The smallest absolute Gasteiger partial charge is 0.316 e. The summed E-state index contributed by atoms with van der Waals surface area (Å²) in [6, 6.07) is 0. The monoisotopic (exact) mass is 212 g/mol. The Labute approximate surface area is 89.0 Å². The van der Waals surface area contributed by atoms with E-state index in [0.717, 1.165) is 0 Å². The molecule has 1 fully saturated rings. The van der Waals surface area contributed by atoms with Gasteiger partial charge in [0.15, 0.2) is 0 Å². The third-order valence-corrected chi connectivity index (χ3v) is 2.55. The van der Waals surface area contributed by atoms with Gasteiger partial charge in [0.2, 0.25) is 0 Å². The van der Waals surface area contributed by atoms with Crippen molar-refractivity contribution < 1.29 is 19.1 Å². The standard InChI is InChI=1S/C11H16O4/c1-2-15-11(14)9-7-6-8(12)4-3-5-10(9)13/h9H,2-7H2,1H3. The van der Waals surface area contributed by atoms with E-state index >= 15 is 0 Å². The first-order valence-corrected chi connectivity index (χ1v) is 5.36. The molecule has 0 saturated heterocycles. The van der Waals surface area contributed by atoms with Crippen LogP contribution in [0.3, 0.4) is 0 Å². The minimum Gasteiger partial charge on any atom is -0.465 e. The predicted octanol–water partition coefficient (Wildman–Crippen LogP) is 1.27. The molecule has 4 heteroatoms. The molecule has 1 saturated carbocycles. The van der Waals surface area contributed by atoms with Crippen LogP contribution in [-0.4, -0.2) is 24.1 Å². The molecule has 0 N–H and O–H groups in total. The van der Waals surface area contributed by atoms with Gasteiger partial charge in [0, 0.05) is 19.3 Å². The van der Waals surface area contributed by atoms with Gasteiger partial charge in [-0.2, -0.15) is 0 Å². The Bertz CT molecular complexity index is 262. The molecule has 1 rings (SSSR count). The SMILES string of the molecule is CCOC(=O)C1CCC(=O)CCCC1=O. The van der Waals surface area contributed by atoms with Gasteiger partial charge in [-0.15, -0.1) is 0 Å². The number of esters is 1. The second kappa shape index (κ2) is 5.63. The third kappa shape index (κ3) is 3.46. The van der Waals surface area contributed by atoms with Crippen molar-refractivity contribution in [2.75, 3.05) is 6.61 Å². The summed E-state index contributed by atoms with van der Waals surface area (Å²) in [4.78, 5) is 34.2. The van der Waals surface area contributed by atoms with Crippen LogP contribution in [0.1, 0.15) is 39.0 Å². The normalized spacial score (nSPS) is 23.1. The maximum atomic E-state index is 11.6. The first-order valence-electron chi connectivity index (χ1n) is 5.36. The van der Waals surface area contributed by atoms with Crippen molar-refractivity contribution in [1.29, 1.82) is 0 Å². The highest BCUT2D eigenvalue weighted by Crippen LogP contribution is 2.19. The topological polar surface area (TPSA) is 60.4 Å². The average Bonchev–Trinajstić information content (AvgIpc) is 2.16. The van der Waals surface area contributed by atoms with Crippen molar-refractivity contribution in [1.82, 2.24) is 0 Å². The fourth-order valence-electron chi connectivity index (χ4n) is 1.72. The molecular weight excluding hydrogens is 196 g/mol. The zero-order chi connectivity index (χ0) is 11.3. The van der Waals surface area contributed by atoms with Crippen LogP contribution in [0.5, 0.6) is 0 Å². The van der Waals surface area contributed by atoms with E-state index in [1.165, 1.54) is 0 Å². The summed E-state index contributed by atoms with van der Waals surface area (Å²) in [6.45, 7) is 1.98. The van der Waals surface area contributed by atoms with E-state index in [0.29, 0.717) is 32.1 Å². The Hall–Kier alpha value is -1.19. The van der Waals surface area contributed by atoms with Gasteiger partial charge in [-0.3, -0.25) is 14.4 Å². The van der Waals surface area contributed by atoms with Gasteiger partial charge in [-0.25, -0.2) is 0 Å². The van der Waals surface area contributed by atoms with E-state index in [2.05, 4.69) is 0 Å². The maximum absolute atomic E-state index is 11.6. The number of rotatable bonds is 2. The quantitative estimate of drug-likeness (QED) is 0.511. The zero-order valence-electron chi connectivity index (χ0n) is 8.95. The van der Waals surface area contributed by atoms with Crippen LogP contribution in [0, 0.1) is 5.92 Å². The summed E-state index contributed by atoms with van der Waals surface area (Å²) in [6.07, 6.45) is 1.97. The van der Waals surface area contributed by atoms with Crippen molar-refractivity contribution in [3.63, 3.8) is 0 Å². The van der Waals surface area contributed by atoms with E-state index in [4.69, 9.17) is 4.74 Å². The Balaban J connectivity index is 2.61. The van der Waals surface area contributed by atoms with Gasteiger partial charge in [-0.1, -0.05) is 0 Å². The molecule has 84 valence electrons. The largest absolute Gasteiger partial charge is 0.465 e. The molecule has 1 aliphatic carbocycles. The number of ether oxygens (including phenoxy) is 1. The lowest BCUT2D eigenvalue weighted by Gasteiger charge is -2.16. The van der Waals surface area contributed by atoms with E-state index in [9.17, 15) is 14.4 Å². The second-order valence-corrected chi connectivity index (χ2v) is 3.70. The van der Waals surface area contributed by atoms with Gasteiger partial charge in [0.05, 0.1) is 6.61 Å². The molecule has 4 nitrogen and oxygen atoms in total. The molecule has 1 aliphatic rings. The predicted molar refractivity (Wildman–Crippen MR) is 53.2 cm³/mol. The van der Waals surface area contributed by atoms with Crippen LogP contribution in [0.25, 0.3) is 0 Å². The number of ketones is 2. The molecule has 0 amide bonds. The Morgan fingerprint density at radius 1 is 1.33 bits per heavy atom. The third-order valence-electron chi connectivity index (χ3n) is 2.55. The lowest BCUT2D eigenvalue weighted by molar-refractivity contribution is -0.152. The molecule has 0 heterocycles. The van der Waals surface area contributed by atoms with Gasteiger partial charge in [-0.05, 0) is 19.8 Å². The number of carbonyl (C=O) groups excluding carboxylic acids is 3. The summed E-state index contributed by atoms with van der Waals surface area (Å²) in [5.74, 6) is -1.14. The molecule has 0 aromatic heterocycles. The molecule has 0 bridgehead atoms. The van der Waals surface area contributed by atoms with Gasteiger partial charge >= 0.3 is 5.97 Å². The van der Waals surface area contributed by atoms with E-state index < -0.39 is 11.9 Å². The van der Waals surface area contributed by atoms with Crippen LogP contribution in [0.15, 0.2) is 0 Å². The lowest BCUT2D eigenvalue weighted by Crippen LogP contribution is -2.28. The fraction of sp³-hybridized carbons (Fsp3) is 0.727. The van der Waals surface area contributed by atoms with Crippen molar-refractivity contribution in [3.05, 3.63) is 0 Å². The number of hydrogen-bond acceptors (Lipinski definition) is 4. The number of carbonyl (C=O) groups is 3. The number of hydrogen-bond donors (Lipinski definition) is 0. The van der Waals surface area contributed by atoms with Crippen LogP contribution < -0.4 is 0 Å². The Morgan fingerprint density at radius 3 is 2.73 bits per heavy atom. The summed E-state index contributed by atoms with van der Waals surface area (Å²) >= 11 is 0. The molecule has 1 atom stereocenters. The zero-order valence-corrected chi connectivity index (χ0v) is 8.95. The fourth-order valence-corrected chi connectivity index (χ4v) is 1.72. The molecule has 0 radical (unpaired) electrons. The summed E-state index contributed by atoms with van der Waals surface area (Å²) in [5.41, 5.74) is 0. The van der Waals surface area contributed by atoms with E-state index in [-0.39, 0.29) is 18.2 Å². The van der Waals surface area contributed by atoms with Gasteiger partial charge in [0.25, 0.3) is 0 Å². The lowest BCUT2D eigenvalue weighted by atomic mass is 9.89. The highest BCUT2D eigenvalue weighted by molar-refractivity contribution is 6.00. The van der Waals surface area contributed by atoms with Gasteiger partial charge < -0.3 is 4.74 Å². The molecule has 1 unspecified atom stereocenters. The molecule has 0 aliphatic heterocycles. The van der Waals surface area contributed by atoms with Crippen molar-refractivity contribution in [2.45, 2.75) is 39.0 Å². The van der Waals surface area contributed by atoms with Crippen molar-refractivity contribution in [3.8, 4) is 0 Å². The van der Waals surface area contributed by atoms with Crippen LogP contribution in [-0.2, 0) is 19.1 Å². The Kier molecular flexibility index (Phi) is 4.46. The van der Waals surface area contributed by atoms with Crippen molar-refractivity contribution >= 4 is 17.5 Å². The molecule has 0 aromatic rings. The molecule has 0 aromatic carbocycles. The van der Waals surface area contributed by atoms with Crippen molar-refractivity contribution in [2.24, 2.45) is 5.92 Å². The minimum absolute atomic E-state index is 0.0825. The highest BCUT2D eigenvalue weighted by atomic mass is 16.5. The second-order valence-electron chi connectivity index (χ2n) is 3.70. The highest BCUT2D eigenvalue weighted by Gasteiger charge is 2.29. The number of Topliss-reactive ketones (excluding diaryl/α,β-unsaturated/α-hetero) is 2. The van der Waals surface area contributed by atoms with Crippen LogP contribution >= 0.6 is 0 Å². The molecular formula is C11H16O4. The summed E-state index contributed by atoms with van der Waals surface area (Å²) in [7, 11) is 0.